The van der Waals surface area contributed by atoms with Gasteiger partial charge in [0.05, 0.1) is 0 Å². The van der Waals surface area contributed by atoms with Crippen molar-refractivity contribution in [3.63, 3.8) is 0 Å². The van der Waals surface area contributed by atoms with Crippen LogP contribution >= 0.6 is 0 Å². The van der Waals surface area contributed by atoms with Crippen molar-refractivity contribution in [1.29, 1.82) is 0 Å². The number of nitrogens with zero attached hydrogens (tertiary/aromatic N) is 1. The molecular weight excluding hydrogens is 336 g/mol. The highest BCUT2D eigenvalue weighted by atomic mass is 16.2. The Bertz CT molecular complexity index is 1020. The molecule has 0 bridgehead atoms. The summed E-state index contributed by atoms with van der Waals surface area (Å²) in [5, 5.41) is 1.60. The number of benzene rings is 2. The molecule has 1 fully saturated rings. The molecule has 1 aromatic heterocycles. The number of hydrogen-bond donors (Lipinski definition) is 1. The van der Waals surface area contributed by atoms with E-state index in [1.54, 1.807) is 6.20 Å². The fourth-order valence-corrected chi connectivity index (χ4v) is 4.03. The fourth-order valence-electron chi connectivity index (χ4n) is 4.03. The van der Waals surface area contributed by atoms with Gasteiger partial charge < -0.3 is 9.88 Å². The molecule has 4 nitrogen and oxygen atoms in total. The van der Waals surface area contributed by atoms with Crippen molar-refractivity contribution in [2.45, 2.75) is 38.6 Å². The van der Waals surface area contributed by atoms with E-state index in [0.717, 1.165) is 47.9 Å². The Kier molecular flexibility index (Phi) is 4.80. The summed E-state index contributed by atoms with van der Waals surface area (Å²) in [6.07, 6.45) is 6.07. The Morgan fingerprint density at radius 1 is 1.07 bits per heavy atom. The summed E-state index contributed by atoms with van der Waals surface area (Å²) in [6, 6.07) is 15.9. The first-order chi connectivity index (χ1) is 13.2. The van der Waals surface area contributed by atoms with Crippen molar-refractivity contribution >= 4 is 16.7 Å². The van der Waals surface area contributed by atoms with Crippen LogP contribution in [-0.2, 0) is 0 Å². The first kappa shape index (κ1) is 17.5. The molecule has 0 aliphatic carbocycles. The predicted octanol–water partition coefficient (Wildman–Crippen LogP) is 4.60. The van der Waals surface area contributed by atoms with Gasteiger partial charge in [0.15, 0.2) is 0 Å². The number of aromatic amines is 1. The van der Waals surface area contributed by atoms with Gasteiger partial charge in [0.25, 0.3) is 11.5 Å². The van der Waals surface area contributed by atoms with E-state index in [0.29, 0.717) is 11.4 Å². The van der Waals surface area contributed by atoms with Crippen LogP contribution in [-0.4, -0.2) is 28.4 Å². The van der Waals surface area contributed by atoms with Crippen molar-refractivity contribution in [2.75, 3.05) is 6.54 Å². The molecule has 4 heteroatoms. The van der Waals surface area contributed by atoms with Gasteiger partial charge in [-0.05, 0) is 66.5 Å². The van der Waals surface area contributed by atoms with Crippen molar-refractivity contribution < 1.29 is 4.79 Å². The standard InChI is InChI=1S/C23H24N2O2/c1-2-20-5-3-4-14-25(20)23(27)18-9-6-16(7-10-18)19-11-8-17-12-13-24-22(26)21(17)15-19/h6-13,15,20H,2-5,14H2,1H3,(H,24,26). The van der Waals surface area contributed by atoms with E-state index in [2.05, 4.69) is 11.9 Å². The van der Waals surface area contributed by atoms with E-state index < -0.39 is 0 Å². The lowest BCUT2D eigenvalue weighted by molar-refractivity contribution is 0.0608. The highest BCUT2D eigenvalue weighted by molar-refractivity contribution is 5.95. The van der Waals surface area contributed by atoms with Crippen LogP contribution in [0.4, 0.5) is 0 Å². The normalized spacial score (nSPS) is 17.2. The SMILES string of the molecule is CCC1CCCCN1C(=O)c1ccc(-c2ccc3cc[nH]c(=O)c3c2)cc1. The molecule has 0 radical (unpaired) electrons. The van der Waals surface area contributed by atoms with E-state index >= 15 is 0 Å². The number of carbonyl (C=O) groups is 1. The number of nitrogens with one attached hydrogen (secondary N) is 1. The average Bonchev–Trinajstić information content (AvgIpc) is 2.73. The Morgan fingerprint density at radius 3 is 2.63 bits per heavy atom. The summed E-state index contributed by atoms with van der Waals surface area (Å²) >= 11 is 0. The lowest BCUT2D eigenvalue weighted by Gasteiger charge is -2.35. The average molecular weight is 360 g/mol. The van der Waals surface area contributed by atoms with Gasteiger partial charge in [-0.3, -0.25) is 9.59 Å². The molecule has 0 saturated carbocycles. The molecule has 2 heterocycles. The van der Waals surface area contributed by atoms with Crippen molar-refractivity contribution in [2.24, 2.45) is 0 Å². The van der Waals surface area contributed by atoms with E-state index in [1.807, 2.05) is 53.4 Å². The van der Waals surface area contributed by atoms with Crippen LogP contribution < -0.4 is 5.56 Å². The van der Waals surface area contributed by atoms with Gasteiger partial charge in [-0.15, -0.1) is 0 Å². The van der Waals surface area contributed by atoms with Gasteiger partial charge in [0, 0.05) is 29.7 Å². The number of rotatable bonds is 3. The van der Waals surface area contributed by atoms with E-state index in [-0.39, 0.29) is 11.5 Å². The summed E-state index contributed by atoms with van der Waals surface area (Å²) < 4.78 is 0. The molecule has 1 saturated heterocycles. The number of H-pyrrole nitrogens is 1. The first-order valence-electron chi connectivity index (χ1n) is 9.70. The summed E-state index contributed by atoms with van der Waals surface area (Å²) in [5.74, 6) is 0.128. The predicted molar refractivity (Wildman–Crippen MR) is 109 cm³/mol. The quantitative estimate of drug-likeness (QED) is 0.742. The summed E-state index contributed by atoms with van der Waals surface area (Å²) in [7, 11) is 0. The van der Waals surface area contributed by atoms with Crippen LogP contribution in [0.2, 0.25) is 0 Å². The zero-order valence-electron chi connectivity index (χ0n) is 15.6. The second kappa shape index (κ2) is 7.39. The Hall–Kier alpha value is -2.88. The van der Waals surface area contributed by atoms with Crippen LogP contribution in [0.3, 0.4) is 0 Å². The zero-order chi connectivity index (χ0) is 18.8. The molecule has 4 rings (SSSR count). The molecule has 1 N–H and O–H groups in total. The zero-order valence-corrected chi connectivity index (χ0v) is 15.6. The molecular formula is C23H24N2O2. The molecule has 2 aromatic carbocycles. The van der Waals surface area contributed by atoms with Crippen LogP contribution in [0.15, 0.2) is 59.5 Å². The van der Waals surface area contributed by atoms with Crippen molar-refractivity contribution in [3.05, 3.63) is 70.6 Å². The third-order valence-electron chi connectivity index (χ3n) is 5.60. The van der Waals surface area contributed by atoms with Crippen molar-refractivity contribution in [3.8, 4) is 11.1 Å². The molecule has 1 amide bonds. The molecule has 1 aliphatic heterocycles. The van der Waals surface area contributed by atoms with E-state index in [9.17, 15) is 9.59 Å². The van der Waals surface area contributed by atoms with Crippen LogP contribution in [0.1, 0.15) is 43.0 Å². The highest BCUT2D eigenvalue weighted by Gasteiger charge is 2.26. The van der Waals surface area contributed by atoms with Gasteiger partial charge in [0.2, 0.25) is 0 Å². The topological polar surface area (TPSA) is 53.2 Å². The molecule has 3 aromatic rings. The second-order valence-corrected chi connectivity index (χ2v) is 7.24. The maximum Gasteiger partial charge on any atom is 0.255 e. The Labute approximate surface area is 158 Å². The second-order valence-electron chi connectivity index (χ2n) is 7.24. The lowest BCUT2D eigenvalue weighted by Crippen LogP contribution is -2.43. The molecule has 138 valence electrons. The van der Waals surface area contributed by atoms with Gasteiger partial charge >= 0.3 is 0 Å². The summed E-state index contributed by atoms with van der Waals surface area (Å²) in [5.41, 5.74) is 2.62. The van der Waals surface area contributed by atoms with Gasteiger partial charge in [-0.2, -0.15) is 0 Å². The number of amides is 1. The lowest BCUT2D eigenvalue weighted by atomic mass is 9.97. The summed E-state index contributed by atoms with van der Waals surface area (Å²) in [6.45, 7) is 3.01. The van der Waals surface area contributed by atoms with Crippen LogP contribution in [0.25, 0.3) is 21.9 Å². The largest absolute Gasteiger partial charge is 0.336 e. The third kappa shape index (κ3) is 3.39. The minimum Gasteiger partial charge on any atom is -0.336 e. The van der Waals surface area contributed by atoms with Gasteiger partial charge in [-0.25, -0.2) is 0 Å². The van der Waals surface area contributed by atoms with Gasteiger partial charge in [-0.1, -0.05) is 31.2 Å². The van der Waals surface area contributed by atoms with Gasteiger partial charge in [0.1, 0.15) is 0 Å². The number of aromatic nitrogens is 1. The number of fused-ring (bicyclic) bond motifs is 1. The van der Waals surface area contributed by atoms with Crippen molar-refractivity contribution in [1.82, 2.24) is 9.88 Å². The van der Waals surface area contributed by atoms with E-state index in [1.165, 1.54) is 6.42 Å². The number of hydrogen-bond acceptors (Lipinski definition) is 2. The van der Waals surface area contributed by atoms with Crippen LogP contribution in [0.5, 0.6) is 0 Å². The highest BCUT2D eigenvalue weighted by Crippen LogP contribution is 2.25. The minimum atomic E-state index is -0.0862. The number of pyridine rings is 1. The maximum atomic E-state index is 12.9. The van der Waals surface area contributed by atoms with Crippen LogP contribution in [0, 0.1) is 0 Å². The monoisotopic (exact) mass is 360 g/mol. The van der Waals surface area contributed by atoms with E-state index in [4.69, 9.17) is 0 Å². The third-order valence-corrected chi connectivity index (χ3v) is 5.60. The Morgan fingerprint density at radius 2 is 1.85 bits per heavy atom. The molecule has 27 heavy (non-hydrogen) atoms. The minimum absolute atomic E-state index is 0.0862. The fraction of sp³-hybridized carbons (Fsp3) is 0.304. The number of carbonyl (C=O) groups excluding carboxylic acids is 1. The first-order valence-corrected chi connectivity index (χ1v) is 9.70. The summed E-state index contributed by atoms with van der Waals surface area (Å²) in [4.78, 5) is 29.7. The molecule has 0 spiro atoms. The smallest absolute Gasteiger partial charge is 0.255 e. The molecule has 1 atom stereocenters. The number of piperidine rings is 1. The molecule has 1 aliphatic rings. The number of likely N-dealkylation sites (tertiary alicyclic amines) is 1. The molecule has 1 unspecified atom stereocenters. The Balaban J connectivity index is 1.61. The maximum absolute atomic E-state index is 12.9.